The number of unbranched alkanes of at least 4 members (excludes halogenated alkanes) is 1. The molecule has 0 N–H and O–H groups in total. The van der Waals surface area contributed by atoms with Crippen LogP contribution in [-0.2, 0) is 0 Å². The first-order valence-electron chi connectivity index (χ1n) is 12.8. The molecule has 2 saturated carbocycles. The molecule has 0 aromatic heterocycles. The molecule has 0 unspecified atom stereocenters. The fraction of sp³-hybridized carbons (Fsp3) is 0.655. The Balaban J connectivity index is 1.30. The largest absolute Gasteiger partial charge is 0.494 e. The second kappa shape index (κ2) is 13.5. The molecule has 1 aromatic carbocycles. The molecule has 0 atom stereocenters. The van der Waals surface area contributed by atoms with Crippen LogP contribution in [0, 0.1) is 35.5 Å². The Morgan fingerprint density at radius 1 is 0.839 bits per heavy atom. The first kappa shape index (κ1) is 23.8. The topological polar surface area (TPSA) is 18.5 Å². The van der Waals surface area contributed by atoms with E-state index in [0.29, 0.717) is 11.8 Å². The van der Waals surface area contributed by atoms with E-state index in [1.165, 1.54) is 57.8 Å². The van der Waals surface area contributed by atoms with E-state index in [4.69, 9.17) is 9.47 Å². The molecule has 0 radical (unpaired) electrons. The molecule has 1 aromatic rings. The molecular weight excluding hydrogens is 380 g/mol. The van der Waals surface area contributed by atoms with Gasteiger partial charge in [-0.05, 0) is 106 Å². The van der Waals surface area contributed by atoms with Crippen LogP contribution >= 0.6 is 0 Å². The number of hydrogen-bond acceptors (Lipinski definition) is 2. The average Bonchev–Trinajstić information content (AvgIpc) is 2.82. The molecule has 31 heavy (non-hydrogen) atoms. The van der Waals surface area contributed by atoms with Gasteiger partial charge in [0.15, 0.2) is 0 Å². The molecule has 2 aliphatic rings. The Hall–Kier alpha value is -1.88. The molecule has 0 heterocycles. The quantitative estimate of drug-likeness (QED) is 0.298. The molecule has 0 bridgehead atoms. The third-order valence-corrected chi connectivity index (χ3v) is 7.13. The molecular formula is C29H42O2. The minimum absolute atomic E-state index is 0.566. The summed E-state index contributed by atoms with van der Waals surface area (Å²) in [4.78, 5) is 0. The van der Waals surface area contributed by atoms with E-state index >= 15 is 0 Å². The van der Waals surface area contributed by atoms with Crippen molar-refractivity contribution < 1.29 is 9.47 Å². The SMILES string of the molecule is CCCCOc1ccc(OCC2CCC(C#C/C=C/C3CCC(CC)CC3)CC2)cc1. The third-order valence-electron chi connectivity index (χ3n) is 7.13. The second-order valence-electron chi connectivity index (χ2n) is 9.54. The van der Waals surface area contributed by atoms with Crippen molar-refractivity contribution >= 4 is 0 Å². The van der Waals surface area contributed by atoms with Crippen LogP contribution in [-0.4, -0.2) is 13.2 Å². The summed E-state index contributed by atoms with van der Waals surface area (Å²) in [6.45, 7) is 6.11. The number of benzene rings is 1. The van der Waals surface area contributed by atoms with Gasteiger partial charge in [-0.1, -0.05) is 44.6 Å². The van der Waals surface area contributed by atoms with Gasteiger partial charge < -0.3 is 9.47 Å². The molecule has 2 heteroatoms. The summed E-state index contributed by atoms with van der Waals surface area (Å²) in [5.74, 6) is 11.7. The van der Waals surface area contributed by atoms with Crippen LogP contribution in [0.2, 0.25) is 0 Å². The lowest BCUT2D eigenvalue weighted by atomic mass is 9.81. The highest BCUT2D eigenvalue weighted by Gasteiger charge is 2.20. The van der Waals surface area contributed by atoms with E-state index in [0.717, 1.165) is 49.4 Å². The Morgan fingerprint density at radius 3 is 2.13 bits per heavy atom. The van der Waals surface area contributed by atoms with Crippen molar-refractivity contribution in [3.05, 3.63) is 36.4 Å². The predicted molar refractivity (Wildman–Crippen MR) is 130 cm³/mol. The maximum absolute atomic E-state index is 6.04. The van der Waals surface area contributed by atoms with Crippen LogP contribution < -0.4 is 9.47 Å². The molecule has 3 rings (SSSR count). The standard InChI is InChI=1S/C29H42O2/c1-3-5-22-30-28-18-20-29(21-19-28)31-23-27-16-14-26(15-17-27)9-7-6-8-25-12-10-24(4-2)11-13-25/h6,8,18-21,24-27H,3-5,10-17,22-23H2,1-2H3/b8-6+. The summed E-state index contributed by atoms with van der Waals surface area (Å²) < 4.78 is 11.8. The fourth-order valence-corrected chi connectivity index (χ4v) is 4.79. The van der Waals surface area contributed by atoms with Gasteiger partial charge in [-0.25, -0.2) is 0 Å². The van der Waals surface area contributed by atoms with Crippen molar-refractivity contribution in [2.45, 2.75) is 84.5 Å². The van der Waals surface area contributed by atoms with Crippen LogP contribution in [0.5, 0.6) is 11.5 Å². The van der Waals surface area contributed by atoms with E-state index in [1.807, 2.05) is 24.3 Å². The van der Waals surface area contributed by atoms with Crippen molar-refractivity contribution in [3.63, 3.8) is 0 Å². The van der Waals surface area contributed by atoms with Gasteiger partial charge >= 0.3 is 0 Å². The van der Waals surface area contributed by atoms with Gasteiger partial charge in [-0.15, -0.1) is 0 Å². The Morgan fingerprint density at radius 2 is 1.48 bits per heavy atom. The number of rotatable bonds is 9. The summed E-state index contributed by atoms with van der Waals surface area (Å²) in [6.07, 6.45) is 18.5. The van der Waals surface area contributed by atoms with Crippen LogP contribution in [0.1, 0.15) is 84.5 Å². The highest BCUT2D eigenvalue weighted by Crippen LogP contribution is 2.31. The molecule has 2 aliphatic carbocycles. The zero-order valence-electron chi connectivity index (χ0n) is 19.8. The van der Waals surface area contributed by atoms with Crippen molar-refractivity contribution in [3.8, 4) is 23.3 Å². The summed E-state index contributed by atoms with van der Waals surface area (Å²) in [7, 11) is 0. The van der Waals surface area contributed by atoms with Gasteiger partial charge in [0.1, 0.15) is 11.5 Å². The molecule has 0 saturated heterocycles. The minimum Gasteiger partial charge on any atom is -0.494 e. The highest BCUT2D eigenvalue weighted by atomic mass is 16.5. The van der Waals surface area contributed by atoms with Gasteiger partial charge in [0, 0.05) is 5.92 Å². The molecule has 0 amide bonds. The van der Waals surface area contributed by atoms with Gasteiger partial charge in [-0.2, -0.15) is 0 Å². The minimum atomic E-state index is 0.566. The van der Waals surface area contributed by atoms with Gasteiger partial charge in [-0.3, -0.25) is 0 Å². The molecule has 2 nitrogen and oxygen atoms in total. The smallest absolute Gasteiger partial charge is 0.119 e. The molecule has 2 fully saturated rings. The first-order valence-corrected chi connectivity index (χ1v) is 12.8. The highest BCUT2D eigenvalue weighted by molar-refractivity contribution is 5.31. The summed E-state index contributed by atoms with van der Waals surface area (Å²) in [6, 6.07) is 8.08. The summed E-state index contributed by atoms with van der Waals surface area (Å²) >= 11 is 0. The third kappa shape index (κ3) is 8.64. The van der Waals surface area contributed by atoms with Crippen LogP contribution in [0.4, 0.5) is 0 Å². The van der Waals surface area contributed by atoms with Gasteiger partial charge in [0.2, 0.25) is 0 Å². The summed E-state index contributed by atoms with van der Waals surface area (Å²) in [5.41, 5.74) is 0. The Labute approximate surface area is 190 Å². The molecule has 0 aliphatic heterocycles. The van der Waals surface area contributed by atoms with Gasteiger partial charge in [0.25, 0.3) is 0 Å². The van der Waals surface area contributed by atoms with E-state index < -0.39 is 0 Å². The van der Waals surface area contributed by atoms with E-state index in [2.05, 4.69) is 37.8 Å². The monoisotopic (exact) mass is 422 g/mol. The zero-order chi connectivity index (χ0) is 21.7. The lowest BCUT2D eigenvalue weighted by molar-refractivity contribution is 0.196. The first-order chi connectivity index (χ1) is 15.3. The number of ether oxygens (including phenoxy) is 2. The lowest BCUT2D eigenvalue weighted by Crippen LogP contribution is -2.19. The number of allylic oxidation sites excluding steroid dienone is 2. The maximum atomic E-state index is 6.04. The number of hydrogen-bond donors (Lipinski definition) is 0. The predicted octanol–water partition coefficient (Wildman–Crippen LogP) is 7.83. The normalized spacial score (nSPS) is 26.3. The van der Waals surface area contributed by atoms with Crippen LogP contribution in [0.15, 0.2) is 36.4 Å². The molecule has 170 valence electrons. The summed E-state index contributed by atoms with van der Waals surface area (Å²) in [5, 5.41) is 0. The van der Waals surface area contributed by atoms with Crippen molar-refractivity contribution in [2.24, 2.45) is 23.7 Å². The zero-order valence-corrected chi connectivity index (χ0v) is 19.8. The van der Waals surface area contributed by atoms with Crippen LogP contribution in [0.25, 0.3) is 0 Å². The lowest BCUT2D eigenvalue weighted by Gasteiger charge is -2.25. The van der Waals surface area contributed by atoms with E-state index in [1.54, 1.807) is 0 Å². The van der Waals surface area contributed by atoms with Crippen LogP contribution in [0.3, 0.4) is 0 Å². The van der Waals surface area contributed by atoms with Crippen molar-refractivity contribution in [1.82, 2.24) is 0 Å². The Bertz CT molecular complexity index is 692. The molecule has 0 spiro atoms. The average molecular weight is 423 g/mol. The van der Waals surface area contributed by atoms with E-state index in [-0.39, 0.29) is 0 Å². The fourth-order valence-electron chi connectivity index (χ4n) is 4.79. The van der Waals surface area contributed by atoms with Crippen molar-refractivity contribution in [2.75, 3.05) is 13.2 Å². The van der Waals surface area contributed by atoms with Gasteiger partial charge in [0.05, 0.1) is 13.2 Å². The van der Waals surface area contributed by atoms with E-state index in [9.17, 15) is 0 Å². The van der Waals surface area contributed by atoms with Crippen molar-refractivity contribution in [1.29, 1.82) is 0 Å². The second-order valence-corrected chi connectivity index (χ2v) is 9.54. The Kier molecular flexibility index (Phi) is 10.4. The maximum Gasteiger partial charge on any atom is 0.119 e.